The Balaban J connectivity index is 1.36. The summed E-state index contributed by atoms with van der Waals surface area (Å²) in [5, 5.41) is 13.0. The summed E-state index contributed by atoms with van der Waals surface area (Å²) < 4.78 is 7.50. The summed E-state index contributed by atoms with van der Waals surface area (Å²) in [4.78, 5) is 24.8. The Kier molecular flexibility index (Phi) is 9.34. The number of halogens is 1. The first kappa shape index (κ1) is 25.4. The molecular formula is C26H29ClN4O3S. The monoisotopic (exact) mass is 512 g/mol. The van der Waals surface area contributed by atoms with Crippen molar-refractivity contribution < 1.29 is 14.3 Å². The number of Topliss-reactive ketones (excluding diaryl/α,β-unsaturated/α-hetero) is 1. The van der Waals surface area contributed by atoms with Crippen molar-refractivity contribution in [2.75, 3.05) is 18.9 Å². The van der Waals surface area contributed by atoms with Crippen LogP contribution in [0.4, 0.5) is 0 Å². The minimum absolute atomic E-state index is 0.0341. The lowest BCUT2D eigenvalue weighted by atomic mass is 10.1. The lowest BCUT2D eigenvalue weighted by molar-refractivity contribution is -0.121. The van der Waals surface area contributed by atoms with E-state index in [1.165, 1.54) is 11.8 Å². The molecule has 3 aromatic rings. The molecule has 0 spiro atoms. The van der Waals surface area contributed by atoms with Gasteiger partial charge < -0.3 is 10.1 Å². The molecular weight excluding hydrogens is 484 g/mol. The molecule has 1 N–H and O–H groups in total. The Labute approximate surface area is 214 Å². The van der Waals surface area contributed by atoms with Gasteiger partial charge in [0.1, 0.15) is 5.82 Å². The van der Waals surface area contributed by atoms with E-state index in [4.69, 9.17) is 16.3 Å². The maximum atomic E-state index is 12.6. The van der Waals surface area contributed by atoms with Gasteiger partial charge in [-0.15, -0.1) is 10.2 Å². The summed E-state index contributed by atoms with van der Waals surface area (Å²) in [7, 11) is 0. The smallest absolute Gasteiger partial charge is 0.220 e. The van der Waals surface area contributed by atoms with Gasteiger partial charge in [0.25, 0.3) is 0 Å². The van der Waals surface area contributed by atoms with Gasteiger partial charge in [0, 0.05) is 36.6 Å². The summed E-state index contributed by atoms with van der Waals surface area (Å²) in [6.45, 7) is 1.37. The van der Waals surface area contributed by atoms with Crippen molar-refractivity contribution in [2.24, 2.45) is 0 Å². The fourth-order valence-electron chi connectivity index (χ4n) is 3.96. The van der Waals surface area contributed by atoms with Crippen LogP contribution in [0.5, 0.6) is 0 Å². The third kappa shape index (κ3) is 7.40. The molecule has 1 unspecified atom stereocenters. The van der Waals surface area contributed by atoms with Crippen LogP contribution in [0, 0.1) is 0 Å². The first-order valence-corrected chi connectivity index (χ1v) is 13.3. The number of carbonyl (C=O) groups excluding carboxylic acids is 2. The Morgan fingerprint density at radius 3 is 2.74 bits per heavy atom. The quantitative estimate of drug-likeness (QED) is 0.211. The van der Waals surface area contributed by atoms with E-state index in [2.05, 4.69) is 15.5 Å². The molecule has 1 aliphatic rings. The topological polar surface area (TPSA) is 86.1 Å². The van der Waals surface area contributed by atoms with Gasteiger partial charge >= 0.3 is 0 Å². The standard InChI is InChI=1S/C26H29ClN4O3S/c27-20-10-6-11-21(16-20)31-24(13-4-5-14-25(33)28-17-22-12-7-15-34-22)29-30-26(31)35-18-23(32)19-8-2-1-3-9-19/h1-3,6,8-11,16,22H,4-5,7,12-15,17-18H2,(H,28,33). The first-order chi connectivity index (χ1) is 17.1. The summed E-state index contributed by atoms with van der Waals surface area (Å²) in [5.41, 5.74) is 1.52. The molecule has 0 bridgehead atoms. The van der Waals surface area contributed by atoms with Gasteiger partial charge in [-0.05, 0) is 43.9 Å². The highest BCUT2D eigenvalue weighted by Gasteiger charge is 2.18. The summed E-state index contributed by atoms with van der Waals surface area (Å²) in [6, 6.07) is 16.7. The number of carbonyl (C=O) groups is 2. The van der Waals surface area contributed by atoms with E-state index < -0.39 is 0 Å². The molecule has 4 rings (SSSR count). The molecule has 9 heteroatoms. The van der Waals surface area contributed by atoms with Gasteiger partial charge in [-0.3, -0.25) is 14.2 Å². The molecule has 1 aromatic heterocycles. The Bertz CT molecular complexity index is 1130. The molecule has 1 fully saturated rings. The fourth-order valence-corrected chi connectivity index (χ4v) is 5.01. The van der Waals surface area contributed by atoms with Crippen LogP contribution in [0.3, 0.4) is 0 Å². The number of benzene rings is 2. The second-order valence-electron chi connectivity index (χ2n) is 8.44. The summed E-state index contributed by atoms with van der Waals surface area (Å²) in [6.07, 6.45) is 4.89. The zero-order valence-electron chi connectivity index (χ0n) is 19.5. The number of unbranched alkanes of at least 4 members (excludes halogenated alkanes) is 1. The molecule has 2 heterocycles. The molecule has 184 valence electrons. The second kappa shape index (κ2) is 12.9. The van der Waals surface area contributed by atoms with E-state index >= 15 is 0 Å². The van der Waals surface area contributed by atoms with E-state index in [1.54, 1.807) is 0 Å². The first-order valence-electron chi connectivity index (χ1n) is 11.9. The van der Waals surface area contributed by atoms with Gasteiger partial charge in [0.2, 0.25) is 5.91 Å². The Morgan fingerprint density at radius 2 is 1.97 bits per heavy atom. The highest BCUT2D eigenvalue weighted by atomic mass is 35.5. The fraction of sp³-hybridized carbons (Fsp3) is 0.385. The van der Waals surface area contributed by atoms with Crippen molar-refractivity contribution in [1.29, 1.82) is 0 Å². The molecule has 1 aliphatic heterocycles. The number of rotatable bonds is 12. The van der Waals surface area contributed by atoms with Gasteiger partial charge in [-0.25, -0.2) is 0 Å². The van der Waals surface area contributed by atoms with E-state index in [0.717, 1.165) is 43.8 Å². The zero-order valence-corrected chi connectivity index (χ0v) is 21.1. The lowest BCUT2D eigenvalue weighted by Gasteiger charge is -2.11. The molecule has 7 nitrogen and oxygen atoms in total. The summed E-state index contributed by atoms with van der Waals surface area (Å²) >= 11 is 7.60. The predicted octanol–water partition coefficient (Wildman–Crippen LogP) is 4.90. The highest BCUT2D eigenvalue weighted by Crippen LogP contribution is 2.25. The maximum absolute atomic E-state index is 12.6. The average Bonchev–Trinajstić information content (AvgIpc) is 3.54. The largest absolute Gasteiger partial charge is 0.376 e. The molecule has 0 aliphatic carbocycles. The molecule has 1 amide bonds. The van der Waals surface area contributed by atoms with Crippen molar-refractivity contribution in [1.82, 2.24) is 20.1 Å². The number of thioether (sulfide) groups is 1. The molecule has 0 radical (unpaired) electrons. The molecule has 0 saturated carbocycles. The number of hydrogen-bond donors (Lipinski definition) is 1. The van der Waals surface area contributed by atoms with E-state index in [9.17, 15) is 9.59 Å². The van der Waals surface area contributed by atoms with Crippen LogP contribution >= 0.6 is 23.4 Å². The Morgan fingerprint density at radius 1 is 1.11 bits per heavy atom. The van der Waals surface area contributed by atoms with Crippen molar-refractivity contribution in [3.05, 3.63) is 71.0 Å². The van der Waals surface area contributed by atoms with Crippen molar-refractivity contribution >= 4 is 35.1 Å². The molecule has 2 aromatic carbocycles. The predicted molar refractivity (Wildman–Crippen MR) is 137 cm³/mol. The molecule has 35 heavy (non-hydrogen) atoms. The van der Waals surface area contributed by atoms with Crippen molar-refractivity contribution in [2.45, 2.75) is 49.8 Å². The van der Waals surface area contributed by atoms with Gasteiger partial charge in [0.15, 0.2) is 10.9 Å². The number of amides is 1. The Hall–Kier alpha value is -2.68. The number of aryl methyl sites for hydroxylation is 1. The van der Waals surface area contributed by atoms with Gasteiger partial charge in [0.05, 0.1) is 17.5 Å². The van der Waals surface area contributed by atoms with Crippen LogP contribution in [0.1, 0.15) is 48.3 Å². The van der Waals surface area contributed by atoms with Gasteiger partial charge in [-0.1, -0.05) is 59.8 Å². The van der Waals surface area contributed by atoms with E-state index in [-0.39, 0.29) is 23.5 Å². The SMILES string of the molecule is O=C(CCCCc1nnc(SCC(=O)c2ccccc2)n1-c1cccc(Cl)c1)NCC1CCCO1. The van der Waals surface area contributed by atoms with E-state index in [1.807, 2.05) is 59.2 Å². The average molecular weight is 513 g/mol. The summed E-state index contributed by atoms with van der Waals surface area (Å²) in [5.74, 6) is 1.12. The van der Waals surface area contributed by atoms with Crippen LogP contribution in [-0.2, 0) is 16.0 Å². The van der Waals surface area contributed by atoms with Crippen LogP contribution in [0.2, 0.25) is 5.02 Å². The third-order valence-electron chi connectivity index (χ3n) is 5.80. The maximum Gasteiger partial charge on any atom is 0.220 e. The highest BCUT2D eigenvalue weighted by molar-refractivity contribution is 7.99. The second-order valence-corrected chi connectivity index (χ2v) is 9.82. The normalized spacial score (nSPS) is 15.3. The number of nitrogens with one attached hydrogen (secondary N) is 1. The number of ether oxygens (including phenoxy) is 1. The lowest BCUT2D eigenvalue weighted by Crippen LogP contribution is -2.31. The van der Waals surface area contributed by atoms with Crippen LogP contribution in [0.15, 0.2) is 59.8 Å². The van der Waals surface area contributed by atoms with Crippen LogP contribution in [-0.4, -0.2) is 51.5 Å². The van der Waals surface area contributed by atoms with Crippen molar-refractivity contribution in [3.8, 4) is 5.69 Å². The molecule has 1 atom stereocenters. The zero-order chi connectivity index (χ0) is 24.5. The van der Waals surface area contributed by atoms with Crippen LogP contribution in [0.25, 0.3) is 5.69 Å². The van der Waals surface area contributed by atoms with Crippen molar-refractivity contribution in [3.63, 3.8) is 0 Å². The van der Waals surface area contributed by atoms with E-state index in [0.29, 0.717) is 35.1 Å². The number of nitrogens with zero attached hydrogens (tertiary/aromatic N) is 3. The third-order valence-corrected chi connectivity index (χ3v) is 6.96. The minimum Gasteiger partial charge on any atom is -0.376 e. The number of hydrogen-bond acceptors (Lipinski definition) is 6. The number of aromatic nitrogens is 3. The van der Waals surface area contributed by atoms with Crippen LogP contribution < -0.4 is 5.32 Å². The number of ketones is 1. The van der Waals surface area contributed by atoms with Gasteiger partial charge in [-0.2, -0.15) is 0 Å². The molecule has 1 saturated heterocycles. The minimum atomic E-state index is 0.0341.